The molecule has 1 aromatic heterocycles. The Morgan fingerprint density at radius 3 is 2.65 bits per heavy atom. The summed E-state index contributed by atoms with van der Waals surface area (Å²) in [5, 5.41) is 5.01. The van der Waals surface area contributed by atoms with Crippen LogP contribution in [0, 0.1) is 0 Å². The van der Waals surface area contributed by atoms with Crippen LogP contribution >= 0.6 is 31.9 Å². The zero-order valence-corrected chi connectivity index (χ0v) is 21.2. The number of methoxy groups -OCH3 is 1. The largest absolute Gasteiger partial charge is 0.493 e. The minimum atomic E-state index is -0.203. The Morgan fingerprint density at radius 1 is 1.19 bits per heavy atom. The van der Waals surface area contributed by atoms with E-state index < -0.39 is 0 Å². The maximum Gasteiger partial charge on any atom is 0.282 e. The Kier molecular flexibility index (Phi) is 7.89. The number of aryl methyl sites for hydroxylation is 1. The molecule has 0 saturated carbocycles. The number of fused-ring (bicyclic) bond motifs is 1. The molecule has 0 aliphatic rings. The van der Waals surface area contributed by atoms with Gasteiger partial charge in [-0.05, 0) is 66.0 Å². The van der Waals surface area contributed by atoms with Gasteiger partial charge in [0.15, 0.2) is 11.5 Å². The van der Waals surface area contributed by atoms with Crippen LogP contribution in [-0.2, 0) is 6.42 Å². The fraction of sp³-hybridized carbons (Fsp3) is 0.348. The molecule has 0 fully saturated rings. The minimum Gasteiger partial charge on any atom is -0.493 e. The lowest BCUT2D eigenvalue weighted by molar-refractivity contribution is 0.207. The van der Waals surface area contributed by atoms with E-state index in [1.165, 1.54) is 4.68 Å². The Morgan fingerprint density at radius 2 is 1.97 bits per heavy atom. The normalized spacial score (nSPS) is 12.5. The van der Waals surface area contributed by atoms with Crippen LogP contribution in [0.5, 0.6) is 11.5 Å². The molecule has 3 aromatic rings. The number of hydrogen-bond donors (Lipinski definition) is 0. The number of hydrogen-bond acceptors (Lipinski definition) is 5. The molecule has 0 amide bonds. The summed E-state index contributed by atoms with van der Waals surface area (Å²) in [5.41, 5.74) is 1.22. The van der Waals surface area contributed by atoms with Gasteiger partial charge in [-0.3, -0.25) is 4.79 Å². The van der Waals surface area contributed by atoms with Crippen molar-refractivity contribution in [2.24, 2.45) is 5.10 Å². The second-order valence-corrected chi connectivity index (χ2v) is 8.93. The second kappa shape index (κ2) is 10.4. The summed E-state index contributed by atoms with van der Waals surface area (Å²) in [4.78, 5) is 17.8. The van der Waals surface area contributed by atoms with Gasteiger partial charge in [0.25, 0.3) is 5.56 Å². The highest BCUT2D eigenvalue weighted by Crippen LogP contribution is 2.34. The number of rotatable bonds is 8. The lowest BCUT2D eigenvalue weighted by atomic mass is 10.2. The van der Waals surface area contributed by atoms with Crippen LogP contribution < -0.4 is 15.0 Å². The van der Waals surface area contributed by atoms with Gasteiger partial charge in [0.1, 0.15) is 5.82 Å². The number of ether oxygens (including phenoxy) is 2. The van der Waals surface area contributed by atoms with E-state index in [1.54, 1.807) is 19.4 Å². The number of aromatic nitrogens is 2. The van der Waals surface area contributed by atoms with Crippen molar-refractivity contribution in [2.45, 2.75) is 46.1 Å². The molecule has 0 N–H and O–H groups in total. The number of halogens is 2. The Bertz CT molecular complexity index is 1170. The Hall–Kier alpha value is -2.19. The van der Waals surface area contributed by atoms with Crippen molar-refractivity contribution in [3.63, 3.8) is 0 Å². The van der Waals surface area contributed by atoms with Crippen molar-refractivity contribution in [3.8, 4) is 11.5 Å². The monoisotopic (exact) mass is 549 g/mol. The third kappa shape index (κ3) is 5.36. The van der Waals surface area contributed by atoms with E-state index in [0.717, 1.165) is 27.4 Å². The van der Waals surface area contributed by atoms with Crippen LogP contribution in [0.4, 0.5) is 0 Å². The van der Waals surface area contributed by atoms with Gasteiger partial charge in [0, 0.05) is 20.9 Å². The Labute approximate surface area is 198 Å². The van der Waals surface area contributed by atoms with Crippen LogP contribution in [0.15, 0.2) is 49.2 Å². The third-order valence-corrected chi connectivity index (χ3v) is 6.03. The van der Waals surface area contributed by atoms with Crippen molar-refractivity contribution in [1.29, 1.82) is 0 Å². The van der Waals surface area contributed by atoms with Crippen molar-refractivity contribution < 1.29 is 9.47 Å². The first-order valence-electron chi connectivity index (χ1n) is 10.2. The van der Waals surface area contributed by atoms with Gasteiger partial charge in [0.2, 0.25) is 0 Å². The average molecular weight is 551 g/mol. The van der Waals surface area contributed by atoms with Gasteiger partial charge in [-0.25, -0.2) is 4.98 Å². The van der Waals surface area contributed by atoms with Crippen LogP contribution in [0.2, 0.25) is 0 Å². The molecular weight excluding hydrogens is 526 g/mol. The van der Waals surface area contributed by atoms with Crippen molar-refractivity contribution in [1.82, 2.24) is 9.66 Å². The molecule has 164 valence electrons. The molecule has 6 nitrogen and oxygen atoms in total. The fourth-order valence-corrected chi connectivity index (χ4v) is 3.81. The highest BCUT2D eigenvalue weighted by atomic mass is 79.9. The predicted molar refractivity (Wildman–Crippen MR) is 132 cm³/mol. The molecule has 0 radical (unpaired) electrons. The van der Waals surface area contributed by atoms with E-state index in [1.807, 2.05) is 38.1 Å². The zero-order valence-electron chi connectivity index (χ0n) is 18.0. The van der Waals surface area contributed by atoms with Crippen LogP contribution in [0.25, 0.3) is 10.9 Å². The summed E-state index contributed by atoms with van der Waals surface area (Å²) in [7, 11) is 1.60. The molecular formula is C23H25Br2N3O3. The molecule has 0 bridgehead atoms. The van der Waals surface area contributed by atoms with Gasteiger partial charge in [0.05, 0.1) is 30.3 Å². The van der Waals surface area contributed by atoms with Gasteiger partial charge in [-0.2, -0.15) is 9.78 Å². The fourth-order valence-electron chi connectivity index (χ4n) is 3.02. The first kappa shape index (κ1) is 23.5. The zero-order chi connectivity index (χ0) is 22.5. The molecule has 0 aliphatic heterocycles. The quantitative estimate of drug-likeness (QED) is 0.325. The van der Waals surface area contributed by atoms with Gasteiger partial charge >= 0.3 is 0 Å². The van der Waals surface area contributed by atoms with Gasteiger partial charge < -0.3 is 9.47 Å². The van der Waals surface area contributed by atoms with Crippen LogP contribution in [0.3, 0.4) is 0 Å². The highest BCUT2D eigenvalue weighted by Gasteiger charge is 2.13. The van der Waals surface area contributed by atoms with E-state index in [0.29, 0.717) is 34.6 Å². The minimum absolute atomic E-state index is 0.0681. The highest BCUT2D eigenvalue weighted by molar-refractivity contribution is 9.10. The van der Waals surface area contributed by atoms with Crippen molar-refractivity contribution >= 4 is 49.0 Å². The van der Waals surface area contributed by atoms with E-state index in [4.69, 9.17) is 9.47 Å². The molecule has 0 spiro atoms. The van der Waals surface area contributed by atoms with Crippen LogP contribution in [0.1, 0.15) is 45.0 Å². The first-order chi connectivity index (χ1) is 14.9. The van der Waals surface area contributed by atoms with Gasteiger partial charge in [-0.15, -0.1) is 0 Å². The van der Waals surface area contributed by atoms with Crippen molar-refractivity contribution in [2.75, 3.05) is 7.11 Å². The second-order valence-electron chi connectivity index (χ2n) is 7.16. The molecule has 0 saturated heterocycles. The molecule has 2 aromatic carbocycles. The maximum absolute atomic E-state index is 13.1. The van der Waals surface area contributed by atoms with Gasteiger partial charge in [-0.1, -0.05) is 29.8 Å². The predicted octanol–water partition coefficient (Wildman–Crippen LogP) is 5.94. The number of benzene rings is 2. The first-order valence-corrected chi connectivity index (χ1v) is 11.8. The molecule has 0 unspecified atom stereocenters. The topological polar surface area (TPSA) is 65.7 Å². The standard InChI is InChI=1S/C23H25Br2N3O3/c1-5-7-22-27-19-9-8-16(24)11-17(19)23(29)28(22)26-13-15-10-20(30-4)21(12-18(15)25)31-14(3)6-2/h8-14H,5-7H2,1-4H3/t14-/m1/s1. The van der Waals surface area contributed by atoms with Crippen LogP contribution in [-0.4, -0.2) is 29.1 Å². The van der Waals surface area contributed by atoms with E-state index in [-0.39, 0.29) is 11.7 Å². The summed E-state index contributed by atoms with van der Waals surface area (Å²) in [6.45, 7) is 6.12. The van der Waals surface area contributed by atoms with E-state index in [9.17, 15) is 4.79 Å². The Balaban J connectivity index is 2.07. The molecule has 0 aliphatic carbocycles. The smallest absolute Gasteiger partial charge is 0.282 e. The average Bonchev–Trinajstić information content (AvgIpc) is 2.75. The SMILES string of the molecule is CCCc1nc2ccc(Br)cc2c(=O)n1N=Cc1cc(OC)c(O[C@H](C)CC)cc1Br. The third-order valence-electron chi connectivity index (χ3n) is 4.85. The molecule has 8 heteroatoms. The van der Waals surface area contributed by atoms with Crippen molar-refractivity contribution in [3.05, 3.63) is 61.0 Å². The molecule has 3 rings (SSSR count). The number of nitrogens with zero attached hydrogens (tertiary/aromatic N) is 3. The molecule has 1 atom stereocenters. The maximum atomic E-state index is 13.1. The summed E-state index contributed by atoms with van der Waals surface area (Å²) in [6.07, 6.45) is 4.08. The summed E-state index contributed by atoms with van der Waals surface area (Å²) < 4.78 is 14.4. The van der Waals surface area contributed by atoms with E-state index in [2.05, 4.69) is 48.9 Å². The summed E-state index contributed by atoms with van der Waals surface area (Å²) in [6, 6.07) is 9.18. The lowest BCUT2D eigenvalue weighted by Crippen LogP contribution is -2.22. The molecule has 31 heavy (non-hydrogen) atoms. The summed E-state index contributed by atoms with van der Waals surface area (Å²) in [5.74, 6) is 1.88. The lowest BCUT2D eigenvalue weighted by Gasteiger charge is -2.16. The molecule has 1 heterocycles. The van der Waals surface area contributed by atoms with E-state index >= 15 is 0 Å². The summed E-state index contributed by atoms with van der Waals surface area (Å²) >= 11 is 7.00.